The largest absolute Gasteiger partial charge is 0.507 e. The van der Waals surface area contributed by atoms with E-state index in [2.05, 4.69) is 22.1 Å². The number of hydrogen-bond acceptors (Lipinski definition) is 7. The van der Waals surface area contributed by atoms with Crippen LogP contribution in [0, 0.1) is 0 Å². The number of allylic oxidation sites excluding steroid dienone is 1. The predicted octanol–water partition coefficient (Wildman–Crippen LogP) is 4.80. The molecule has 2 aromatic heterocycles. The Labute approximate surface area is 170 Å². The summed E-state index contributed by atoms with van der Waals surface area (Å²) >= 11 is 1.32. The molecule has 29 heavy (non-hydrogen) atoms. The average molecular weight is 403 g/mol. The number of aromatic nitrogens is 1. The van der Waals surface area contributed by atoms with E-state index in [-0.39, 0.29) is 5.75 Å². The predicted molar refractivity (Wildman–Crippen MR) is 117 cm³/mol. The number of fused-ring (bicyclic) bond motifs is 1. The molecule has 4 aromatic rings. The van der Waals surface area contributed by atoms with Gasteiger partial charge in [0.15, 0.2) is 0 Å². The lowest BCUT2D eigenvalue weighted by Crippen LogP contribution is -2.02. The third-order valence-corrected chi connectivity index (χ3v) is 5.05. The van der Waals surface area contributed by atoms with Crippen molar-refractivity contribution in [3.05, 3.63) is 88.1 Å². The maximum absolute atomic E-state index is 12.3. The van der Waals surface area contributed by atoms with E-state index < -0.39 is 5.63 Å². The fourth-order valence-electron chi connectivity index (χ4n) is 2.88. The van der Waals surface area contributed by atoms with Crippen LogP contribution in [0.5, 0.6) is 5.75 Å². The van der Waals surface area contributed by atoms with Gasteiger partial charge in [-0.15, -0.1) is 17.9 Å². The normalized spacial score (nSPS) is 11.2. The summed E-state index contributed by atoms with van der Waals surface area (Å²) in [7, 11) is 0. The van der Waals surface area contributed by atoms with Crippen LogP contribution in [0.3, 0.4) is 0 Å². The first-order valence-corrected chi connectivity index (χ1v) is 9.73. The van der Waals surface area contributed by atoms with E-state index in [1.165, 1.54) is 17.6 Å². The minimum absolute atomic E-state index is 0.173. The third-order valence-electron chi connectivity index (χ3n) is 4.30. The second kappa shape index (κ2) is 8.12. The van der Waals surface area contributed by atoms with Crippen molar-refractivity contribution < 1.29 is 9.52 Å². The zero-order valence-corrected chi connectivity index (χ0v) is 16.1. The van der Waals surface area contributed by atoms with Crippen molar-refractivity contribution in [1.29, 1.82) is 0 Å². The number of phenolic OH excluding ortho intramolecular Hbond substituents is 1. The molecule has 2 aromatic carbocycles. The monoisotopic (exact) mass is 403 g/mol. The van der Waals surface area contributed by atoms with Gasteiger partial charge in [-0.3, -0.25) is 5.43 Å². The summed E-state index contributed by atoms with van der Waals surface area (Å²) in [5.41, 5.74) is 5.21. The van der Waals surface area contributed by atoms with E-state index in [9.17, 15) is 9.90 Å². The maximum Gasteiger partial charge on any atom is 0.345 e. The number of para-hydroxylation sites is 2. The quantitative estimate of drug-likeness (QED) is 0.209. The van der Waals surface area contributed by atoms with Crippen LogP contribution in [0.25, 0.3) is 22.2 Å². The Morgan fingerprint density at radius 3 is 2.97 bits per heavy atom. The molecule has 0 aliphatic rings. The Morgan fingerprint density at radius 1 is 1.24 bits per heavy atom. The van der Waals surface area contributed by atoms with E-state index in [1.807, 2.05) is 30.3 Å². The minimum Gasteiger partial charge on any atom is -0.507 e. The lowest BCUT2D eigenvalue weighted by atomic mass is 10.1. The molecule has 144 valence electrons. The Balaban J connectivity index is 1.54. The first-order valence-electron chi connectivity index (χ1n) is 8.85. The van der Waals surface area contributed by atoms with E-state index in [4.69, 9.17) is 4.42 Å². The Bertz CT molecular complexity index is 1270. The zero-order chi connectivity index (χ0) is 20.2. The van der Waals surface area contributed by atoms with Crippen LogP contribution >= 0.6 is 11.3 Å². The van der Waals surface area contributed by atoms with Crippen molar-refractivity contribution in [2.45, 2.75) is 6.42 Å². The van der Waals surface area contributed by atoms with E-state index >= 15 is 0 Å². The van der Waals surface area contributed by atoms with Gasteiger partial charge in [0.05, 0.1) is 17.5 Å². The summed E-state index contributed by atoms with van der Waals surface area (Å²) in [6, 6.07) is 14.6. The highest BCUT2D eigenvalue weighted by molar-refractivity contribution is 7.14. The summed E-state index contributed by atoms with van der Waals surface area (Å²) in [6.45, 7) is 3.69. The number of anilines is 1. The molecular formula is C22H17N3O3S. The number of phenols is 1. The second-order valence-corrected chi connectivity index (χ2v) is 7.10. The summed E-state index contributed by atoms with van der Waals surface area (Å²) in [5.74, 6) is 0.173. The maximum atomic E-state index is 12.3. The molecule has 0 fully saturated rings. The highest BCUT2D eigenvalue weighted by Gasteiger charge is 2.11. The molecule has 0 atom stereocenters. The first-order chi connectivity index (χ1) is 14.2. The molecule has 2 N–H and O–H groups in total. The van der Waals surface area contributed by atoms with Gasteiger partial charge in [0.1, 0.15) is 11.3 Å². The van der Waals surface area contributed by atoms with Crippen LogP contribution in [-0.2, 0) is 6.42 Å². The number of benzene rings is 2. The Hall–Kier alpha value is -3.71. The van der Waals surface area contributed by atoms with Gasteiger partial charge in [0.2, 0.25) is 5.13 Å². The van der Waals surface area contributed by atoms with Crippen molar-refractivity contribution in [2.75, 3.05) is 5.43 Å². The molecule has 0 saturated carbocycles. The number of aromatic hydroxyl groups is 1. The molecule has 6 nitrogen and oxygen atoms in total. The highest BCUT2D eigenvalue weighted by Crippen LogP contribution is 2.26. The second-order valence-electron chi connectivity index (χ2n) is 6.24. The van der Waals surface area contributed by atoms with E-state index in [0.29, 0.717) is 34.0 Å². The summed E-state index contributed by atoms with van der Waals surface area (Å²) < 4.78 is 5.36. The van der Waals surface area contributed by atoms with Crippen LogP contribution < -0.4 is 11.1 Å². The number of nitrogens with one attached hydrogen (secondary N) is 1. The molecule has 7 heteroatoms. The molecular weight excluding hydrogens is 386 g/mol. The molecule has 0 aliphatic heterocycles. The van der Waals surface area contributed by atoms with Crippen molar-refractivity contribution in [2.24, 2.45) is 5.10 Å². The number of nitrogens with zero attached hydrogens (tertiary/aromatic N) is 2. The van der Waals surface area contributed by atoms with Crippen molar-refractivity contribution in [3.8, 4) is 17.0 Å². The van der Waals surface area contributed by atoms with Gasteiger partial charge in [0.25, 0.3) is 0 Å². The average Bonchev–Trinajstić information content (AvgIpc) is 3.19. The van der Waals surface area contributed by atoms with Crippen LogP contribution in [-0.4, -0.2) is 16.3 Å². The van der Waals surface area contributed by atoms with Crippen LogP contribution in [0.2, 0.25) is 0 Å². The Kier molecular flexibility index (Phi) is 5.22. The summed E-state index contributed by atoms with van der Waals surface area (Å²) in [4.78, 5) is 16.7. The van der Waals surface area contributed by atoms with E-state index in [1.54, 1.807) is 29.7 Å². The highest BCUT2D eigenvalue weighted by atomic mass is 32.1. The third kappa shape index (κ3) is 3.95. The van der Waals surface area contributed by atoms with Gasteiger partial charge >= 0.3 is 5.63 Å². The smallest absolute Gasteiger partial charge is 0.345 e. The molecule has 0 unspecified atom stereocenters. The number of thiazole rings is 1. The number of hydrazone groups is 1. The van der Waals surface area contributed by atoms with Gasteiger partial charge in [0, 0.05) is 16.3 Å². The molecule has 0 saturated heterocycles. The van der Waals surface area contributed by atoms with Gasteiger partial charge in [-0.1, -0.05) is 36.4 Å². The van der Waals surface area contributed by atoms with Gasteiger partial charge < -0.3 is 9.52 Å². The molecule has 0 amide bonds. The standard InChI is InChI=1S/C22H17N3O3S/c1-2-6-14-8-5-9-16(20(14)26)12-23-25-22-24-18(13-29-22)17-11-15-7-3-4-10-19(15)28-21(17)27/h2-5,7-13,26H,1,6H2,(H,24,25)/b23-12+. The lowest BCUT2D eigenvalue weighted by molar-refractivity contribution is 0.469. The van der Waals surface area contributed by atoms with Gasteiger partial charge in [-0.2, -0.15) is 5.10 Å². The molecule has 0 bridgehead atoms. The summed E-state index contributed by atoms with van der Waals surface area (Å²) in [6.07, 6.45) is 3.83. The topological polar surface area (TPSA) is 87.7 Å². The fourth-order valence-corrected chi connectivity index (χ4v) is 3.54. The van der Waals surface area contributed by atoms with E-state index in [0.717, 1.165) is 10.9 Å². The number of hydrogen-bond donors (Lipinski definition) is 2. The lowest BCUT2D eigenvalue weighted by Gasteiger charge is -2.04. The molecule has 2 heterocycles. The van der Waals surface area contributed by atoms with Crippen LogP contribution in [0.4, 0.5) is 5.13 Å². The molecule has 0 spiro atoms. The Morgan fingerprint density at radius 2 is 2.10 bits per heavy atom. The van der Waals surface area contributed by atoms with Gasteiger partial charge in [-0.05, 0) is 30.2 Å². The van der Waals surface area contributed by atoms with Gasteiger partial charge in [-0.25, -0.2) is 9.78 Å². The van der Waals surface area contributed by atoms with Crippen molar-refractivity contribution in [1.82, 2.24) is 4.98 Å². The number of rotatable bonds is 6. The van der Waals surface area contributed by atoms with Crippen LogP contribution in [0.15, 0.2) is 80.9 Å². The van der Waals surface area contributed by atoms with Crippen molar-refractivity contribution >= 4 is 33.7 Å². The zero-order valence-electron chi connectivity index (χ0n) is 15.3. The minimum atomic E-state index is -0.437. The SMILES string of the molecule is C=CCc1cccc(/C=N/Nc2nc(-c3cc4ccccc4oc3=O)cs2)c1O. The first kappa shape index (κ1) is 18.6. The summed E-state index contributed by atoms with van der Waals surface area (Å²) in [5, 5.41) is 17.5. The fraction of sp³-hybridized carbons (Fsp3) is 0.0455. The molecule has 0 aliphatic carbocycles. The molecule has 4 rings (SSSR count). The molecule has 0 radical (unpaired) electrons. The van der Waals surface area contributed by atoms with Crippen molar-refractivity contribution in [3.63, 3.8) is 0 Å². The van der Waals surface area contributed by atoms with Crippen LogP contribution in [0.1, 0.15) is 11.1 Å².